The van der Waals surface area contributed by atoms with Crippen molar-refractivity contribution < 1.29 is 22.4 Å². The highest BCUT2D eigenvalue weighted by Gasteiger charge is 2.34. The molecular formula is C31H28Cl2FN3O4S. The number of carbonyl (C=O) groups excluding carboxylic acids is 2. The SMILES string of the molecule is CNC(=O)[C@@H](Cc1ccccc1)N(Cc1cccc(Cl)c1)C(=O)CN(c1ccc(F)c(Cl)c1)S(=O)(=O)c1ccccc1. The van der Waals surface area contributed by atoms with Crippen LogP contribution in [0.15, 0.2) is 108 Å². The van der Waals surface area contributed by atoms with E-state index < -0.39 is 40.2 Å². The first kappa shape index (κ1) is 31.0. The summed E-state index contributed by atoms with van der Waals surface area (Å²) in [4.78, 5) is 28.7. The number of sulfonamides is 1. The molecule has 1 N–H and O–H groups in total. The Morgan fingerprint density at radius 1 is 0.857 bits per heavy atom. The standard InChI is InChI=1S/C31H28Cl2FN3O4S/c1-35-31(39)29(18-22-9-4-2-5-10-22)36(20-23-11-8-12-24(32)17-23)30(38)21-37(25-15-16-28(34)27(33)19-25)42(40,41)26-13-6-3-7-14-26/h2-17,19,29H,18,20-21H2,1H3,(H,35,39)/t29-/m1/s1. The number of rotatable bonds is 11. The summed E-state index contributed by atoms with van der Waals surface area (Å²) in [6.07, 6.45) is 0.167. The van der Waals surface area contributed by atoms with Crippen molar-refractivity contribution in [3.8, 4) is 0 Å². The quantitative estimate of drug-likeness (QED) is 0.231. The Balaban J connectivity index is 1.80. The monoisotopic (exact) mass is 627 g/mol. The van der Waals surface area contributed by atoms with Gasteiger partial charge in [0.1, 0.15) is 18.4 Å². The lowest BCUT2D eigenvalue weighted by Gasteiger charge is -2.33. The molecule has 1 atom stereocenters. The molecule has 0 radical (unpaired) electrons. The normalized spacial score (nSPS) is 11.9. The number of carbonyl (C=O) groups is 2. The Kier molecular flexibility index (Phi) is 10.2. The lowest BCUT2D eigenvalue weighted by atomic mass is 10.0. The molecule has 4 aromatic rings. The summed E-state index contributed by atoms with van der Waals surface area (Å²) < 4.78 is 42.6. The molecule has 0 fully saturated rings. The molecule has 0 bridgehead atoms. The Morgan fingerprint density at radius 3 is 2.12 bits per heavy atom. The second kappa shape index (κ2) is 13.8. The number of likely N-dealkylation sites (N-methyl/N-ethyl adjacent to an activating group) is 1. The van der Waals surface area contributed by atoms with Gasteiger partial charge in [-0.1, -0.05) is 83.9 Å². The fourth-order valence-electron chi connectivity index (χ4n) is 4.44. The third-order valence-electron chi connectivity index (χ3n) is 6.56. The van der Waals surface area contributed by atoms with Crippen molar-refractivity contribution >= 4 is 50.7 Å². The zero-order valence-electron chi connectivity index (χ0n) is 22.6. The summed E-state index contributed by atoms with van der Waals surface area (Å²) in [6, 6.07) is 26.0. The minimum absolute atomic E-state index is 0.0131. The topological polar surface area (TPSA) is 86.8 Å². The van der Waals surface area contributed by atoms with Gasteiger partial charge in [0.2, 0.25) is 11.8 Å². The van der Waals surface area contributed by atoms with Crippen molar-refractivity contribution in [3.05, 3.63) is 130 Å². The van der Waals surface area contributed by atoms with Gasteiger partial charge in [-0.15, -0.1) is 0 Å². The molecule has 218 valence electrons. The first-order valence-corrected chi connectivity index (χ1v) is 15.1. The molecule has 11 heteroatoms. The van der Waals surface area contributed by atoms with Gasteiger partial charge in [0.15, 0.2) is 0 Å². The van der Waals surface area contributed by atoms with E-state index in [2.05, 4.69) is 5.32 Å². The van der Waals surface area contributed by atoms with Gasteiger partial charge >= 0.3 is 0 Å². The smallest absolute Gasteiger partial charge is 0.264 e. The van der Waals surface area contributed by atoms with Gasteiger partial charge in [-0.25, -0.2) is 12.8 Å². The van der Waals surface area contributed by atoms with Crippen molar-refractivity contribution in [3.63, 3.8) is 0 Å². The number of hydrogen-bond donors (Lipinski definition) is 1. The summed E-state index contributed by atoms with van der Waals surface area (Å²) in [5.41, 5.74) is 1.43. The molecule has 2 amide bonds. The molecule has 4 rings (SSSR count). The molecule has 4 aromatic carbocycles. The number of nitrogens with one attached hydrogen (secondary N) is 1. The van der Waals surface area contributed by atoms with E-state index in [-0.39, 0.29) is 28.6 Å². The maximum atomic E-state index is 14.2. The molecule has 0 heterocycles. The van der Waals surface area contributed by atoms with Gasteiger partial charge in [-0.3, -0.25) is 13.9 Å². The van der Waals surface area contributed by atoms with E-state index in [4.69, 9.17) is 23.2 Å². The van der Waals surface area contributed by atoms with Crippen LogP contribution < -0.4 is 9.62 Å². The van der Waals surface area contributed by atoms with Crippen LogP contribution in [-0.4, -0.2) is 44.8 Å². The molecule has 0 unspecified atom stereocenters. The van der Waals surface area contributed by atoms with Gasteiger partial charge < -0.3 is 10.2 Å². The first-order valence-electron chi connectivity index (χ1n) is 12.9. The van der Waals surface area contributed by atoms with Crippen LogP contribution in [0.5, 0.6) is 0 Å². The van der Waals surface area contributed by atoms with E-state index in [9.17, 15) is 22.4 Å². The van der Waals surface area contributed by atoms with E-state index in [0.29, 0.717) is 10.6 Å². The molecule has 0 aromatic heterocycles. The Morgan fingerprint density at radius 2 is 1.50 bits per heavy atom. The van der Waals surface area contributed by atoms with Gasteiger partial charge in [0.25, 0.3) is 10.0 Å². The van der Waals surface area contributed by atoms with Crippen LogP contribution in [0.25, 0.3) is 0 Å². The molecule has 42 heavy (non-hydrogen) atoms. The third-order valence-corrected chi connectivity index (χ3v) is 8.87. The number of amides is 2. The second-order valence-electron chi connectivity index (χ2n) is 9.39. The zero-order valence-corrected chi connectivity index (χ0v) is 24.9. The van der Waals surface area contributed by atoms with Gasteiger partial charge in [-0.2, -0.15) is 0 Å². The van der Waals surface area contributed by atoms with E-state index >= 15 is 0 Å². The molecule has 0 aliphatic rings. The average Bonchev–Trinajstić information content (AvgIpc) is 2.99. The van der Waals surface area contributed by atoms with Crippen molar-refractivity contribution in [1.29, 1.82) is 0 Å². The maximum absolute atomic E-state index is 14.2. The zero-order chi connectivity index (χ0) is 30.3. The van der Waals surface area contributed by atoms with Crippen LogP contribution in [-0.2, 0) is 32.6 Å². The number of hydrogen-bond acceptors (Lipinski definition) is 4. The summed E-state index contributed by atoms with van der Waals surface area (Å²) in [5.74, 6) is -1.84. The van der Waals surface area contributed by atoms with Crippen LogP contribution in [0.4, 0.5) is 10.1 Å². The first-order chi connectivity index (χ1) is 20.1. The van der Waals surface area contributed by atoms with Crippen LogP contribution in [0.3, 0.4) is 0 Å². The Hall–Kier alpha value is -3.92. The lowest BCUT2D eigenvalue weighted by Crippen LogP contribution is -2.53. The van der Waals surface area contributed by atoms with Crippen molar-refractivity contribution in [2.45, 2.75) is 23.9 Å². The van der Waals surface area contributed by atoms with Crippen LogP contribution in [0.1, 0.15) is 11.1 Å². The van der Waals surface area contributed by atoms with Gasteiger partial charge in [-0.05, 0) is 53.6 Å². The predicted octanol–water partition coefficient (Wildman–Crippen LogP) is 5.71. The molecular weight excluding hydrogens is 600 g/mol. The highest BCUT2D eigenvalue weighted by molar-refractivity contribution is 7.92. The van der Waals surface area contributed by atoms with E-state index in [0.717, 1.165) is 22.0 Å². The van der Waals surface area contributed by atoms with E-state index in [1.807, 2.05) is 30.3 Å². The average molecular weight is 629 g/mol. The van der Waals surface area contributed by atoms with Crippen LogP contribution in [0, 0.1) is 5.82 Å². The highest BCUT2D eigenvalue weighted by Crippen LogP contribution is 2.28. The second-order valence-corrected chi connectivity index (χ2v) is 12.1. The molecule has 0 spiro atoms. The van der Waals surface area contributed by atoms with Gasteiger partial charge in [0.05, 0.1) is 15.6 Å². The van der Waals surface area contributed by atoms with Crippen molar-refractivity contribution in [2.75, 3.05) is 17.9 Å². The maximum Gasteiger partial charge on any atom is 0.264 e. The van der Waals surface area contributed by atoms with Crippen molar-refractivity contribution in [2.24, 2.45) is 0 Å². The van der Waals surface area contributed by atoms with E-state index in [1.165, 1.54) is 30.1 Å². The van der Waals surface area contributed by atoms with Crippen LogP contribution in [0.2, 0.25) is 10.0 Å². The summed E-state index contributed by atoms with van der Waals surface area (Å²) in [6.45, 7) is -0.726. The molecule has 0 saturated heterocycles. The van der Waals surface area contributed by atoms with Gasteiger partial charge in [0, 0.05) is 25.0 Å². The summed E-state index contributed by atoms with van der Waals surface area (Å²) in [7, 11) is -2.85. The molecule has 0 aliphatic heterocycles. The summed E-state index contributed by atoms with van der Waals surface area (Å²) >= 11 is 12.2. The summed E-state index contributed by atoms with van der Waals surface area (Å²) in [5, 5.41) is 2.75. The lowest BCUT2D eigenvalue weighted by molar-refractivity contribution is -0.139. The third kappa shape index (κ3) is 7.47. The number of benzene rings is 4. The molecule has 0 aliphatic carbocycles. The molecule has 0 saturated carbocycles. The predicted molar refractivity (Wildman–Crippen MR) is 162 cm³/mol. The van der Waals surface area contributed by atoms with Crippen molar-refractivity contribution in [1.82, 2.24) is 10.2 Å². The number of anilines is 1. The highest BCUT2D eigenvalue weighted by atomic mass is 35.5. The Bertz CT molecular complexity index is 1660. The minimum Gasteiger partial charge on any atom is -0.357 e. The minimum atomic E-state index is -4.32. The largest absolute Gasteiger partial charge is 0.357 e. The van der Waals surface area contributed by atoms with Crippen LogP contribution >= 0.6 is 23.2 Å². The fourth-order valence-corrected chi connectivity index (χ4v) is 6.26. The fraction of sp³-hybridized carbons (Fsp3) is 0.161. The number of halogens is 3. The molecule has 7 nitrogen and oxygen atoms in total. The number of nitrogens with zero attached hydrogens (tertiary/aromatic N) is 2. The van der Waals surface area contributed by atoms with E-state index in [1.54, 1.807) is 42.5 Å². The Labute approximate surface area is 254 Å².